The topological polar surface area (TPSA) is 130 Å². The van der Waals surface area contributed by atoms with Crippen molar-refractivity contribution in [2.75, 3.05) is 13.2 Å². The Hall–Kier alpha value is -5.06. The molecule has 4 aromatic carbocycles. The van der Waals surface area contributed by atoms with Gasteiger partial charge in [-0.05, 0) is 109 Å². The van der Waals surface area contributed by atoms with Gasteiger partial charge in [0.1, 0.15) is 23.0 Å². The summed E-state index contributed by atoms with van der Waals surface area (Å²) in [5.74, 6) is -0.409. The summed E-state index contributed by atoms with van der Waals surface area (Å²) in [5, 5.41) is 1.56. The van der Waals surface area contributed by atoms with Crippen LogP contribution in [0, 0.1) is 0 Å². The molecule has 260 valence electrons. The first-order valence-electron chi connectivity index (χ1n) is 17.2. The summed E-state index contributed by atoms with van der Waals surface area (Å²) < 4.78 is 32.4. The van der Waals surface area contributed by atoms with Gasteiger partial charge in [-0.3, -0.25) is 9.59 Å². The highest BCUT2D eigenvalue weighted by atomic mass is 16.6. The van der Waals surface area contributed by atoms with E-state index in [0.29, 0.717) is 64.6 Å². The van der Waals surface area contributed by atoms with E-state index in [2.05, 4.69) is 0 Å². The Balaban J connectivity index is 0.956. The van der Waals surface area contributed by atoms with Crippen LogP contribution in [-0.4, -0.2) is 49.3 Å². The molecule has 0 amide bonds. The van der Waals surface area contributed by atoms with Crippen LogP contribution in [0.25, 0.3) is 10.8 Å². The summed E-state index contributed by atoms with van der Waals surface area (Å²) in [6.07, 6.45) is 9.08. The molecule has 10 heteroatoms. The van der Waals surface area contributed by atoms with Gasteiger partial charge < -0.3 is 28.4 Å². The van der Waals surface area contributed by atoms with Crippen molar-refractivity contribution < 1.29 is 47.6 Å². The van der Waals surface area contributed by atoms with Gasteiger partial charge in [-0.2, -0.15) is 0 Å². The monoisotopic (exact) mass is 680 g/mol. The molecule has 0 bridgehead atoms. The van der Waals surface area contributed by atoms with Crippen LogP contribution in [0.4, 0.5) is 0 Å². The van der Waals surface area contributed by atoms with Crippen molar-refractivity contribution in [3.8, 4) is 23.0 Å². The Morgan fingerprint density at radius 1 is 0.480 bits per heavy atom. The molecule has 4 aromatic rings. The molecule has 0 spiro atoms. The maximum atomic E-state index is 12.8. The first-order chi connectivity index (χ1) is 24.4. The molecule has 0 saturated carbocycles. The van der Waals surface area contributed by atoms with E-state index in [1.54, 1.807) is 84.9 Å². The third kappa shape index (κ3) is 11.0. The summed E-state index contributed by atoms with van der Waals surface area (Å²) in [6, 6.07) is 22.8. The third-order valence-electron chi connectivity index (χ3n) is 8.47. The van der Waals surface area contributed by atoms with Crippen molar-refractivity contribution in [3.05, 3.63) is 96.1 Å². The van der Waals surface area contributed by atoms with E-state index >= 15 is 0 Å². The number of unbranched alkanes of at least 4 members (excludes halogenated alkanes) is 4. The summed E-state index contributed by atoms with van der Waals surface area (Å²) in [5.41, 5.74) is 0.594. The molecule has 2 aliphatic heterocycles. The smallest absolute Gasteiger partial charge is 0.343 e. The Labute approximate surface area is 290 Å². The number of benzene rings is 4. The molecule has 10 nitrogen and oxygen atoms in total. The number of hydrogen-bond donors (Lipinski definition) is 0. The number of hydrogen-bond acceptors (Lipinski definition) is 10. The summed E-state index contributed by atoms with van der Waals surface area (Å²) in [6.45, 7) is 1.71. The van der Waals surface area contributed by atoms with Crippen LogP contribution in [0.2, 0.25) is 0 Å². The molecule has 6 rings (SSSR count). The van der Waals surface area contributed by atoms with Crippen molar-refractivity contribution in [3.63, 3.8) is 0 Å². The number of esters is 4. The van der Waals surface area contributed by atoms with E-state index < -0.39 is 11.9 Å². The largest absolute Gasteiger partial charge is 0.427 e. The molecule has 2 saturated heterocycles. The fourth-order valence-electron chi connectivity index (χ4n) is 5.45. The number of ether oxygens (including phenoxy) is 6. The maximum Gasteiger partial charge on any atom is 0.343 e. The quantitative estimate of drug-likeness (QED) is 0.0444. The lowest BCUT2D eigenvalue weighted by atomic mass is 10.1. The van der Waals surface area contributed by atoms with Crippen molar-refractivity contribution in [1.29, 1.82) is 0 Å². The molecular weight excluding hydrogens is 640 g/mol. The van der Waals surface area contributed by atoms with Crippen molar-refractivity contribution in [2.24, 2.45) is 0 Å². The Morgan fingerprint density at radius 2 is 0.880 bits per heavy atom. The average Bonchev–Trinajstić information content (AvgIpc) is 4.05. The second-order valence-corrected chi connectivity index (χ2v) is 12.6. The van der Waals surface area contributed by atoms with E-state index in [4.69, 9.17) is 28.4 Å². The number of carbonyl (C=O) groups excluding carboxylic acids is 4. The van der Waals surface area contributed by atoms with Crippen LogP contribution < -0.4 is 18.9 Å². The van der Waals surface area contributed by atoms with E-state index in [1.807, 2.05) is 0 Å². The Bertz CT molecular complexity index is 1660. The zero-order chi connectivity index (χ0) is 34.7. The molecule has 0 aliphatic carbocycles. The number of rotatable bonds is 18. The minimum Gasteiger partial charge on any atom is -0.427 e. The van der Waals surface area contributed by atoms with Crippen molar-refractivity contribution >= 4 is 34.6 Å². The number of fused-ring (bicyclic) bond motifs is 1. The first-order valence-corrected chi connectivity index (χ1v) is 17.2. The number of epoxide rings is 2. The predicted molar refractivity (Wildman–Crippen MR) is 184 cm³/mol. The SMILES string of the molecule is O=C(CCCCCC1CO1)Oc1ccc(C(=O)Oc2ccc3ccc(OC(=O)c4ccc(OC(=O)CCCCCC5CO5)cc4)cc3c2)cc1. The van der Waals surface area contributed by atoms with E-state index in [0.717, 1.165) is 70.0 Å². The molecule has 2 heterocycles. The van der Waals surface area contributed by atoms with Gasteiger partial charge in [-0.1, -0.05) is 37.8 Å². The molecule has 0 aromatic heterocycles. The van der Waals surface area contributed by atoms with Gasteiger partial charge in [0, 0.05) is 12.8 Å². The summed E-state index contributed by atoms with van der Waals surface area (Å²) in [7, 11) is 0. The van der Waals surface area contributed by atoms with Crippen LogP contribution in [-0.2, 0) is 19.1 Å². The molecule has 2 aliphatic rings. The number of carbonyl (C=O) groups is 4. The standard InChI is InChI=1S/C40H40O10/c41-37(9-5-1-3-7-35-25-45-35)47-31-17-13-28(14-18-31)39(43)49-33-21-11-27-12-22-34(24-30(27)23-33)50-40(44)29-15-19-32(20-16-29)48-38(42)10-6-2-4-8-36-26-46-36/h11-24,35-36H,1-10,25-26H2. The van der Waals surface area contributed by atoms with Crippen LogP contribution >= 0.6 is 0 Å². The minimum absolute atomic E-state index is 0.297. The van der Waals surface area contributed by atoms with Gasteiger partial charge in [-0.15, -0.1) is 0 Å². The Kier molecular flexibility index (Phi) is 11.9. The highest BCUT2D eigenvalue weighted by Gasteiger charge is 2.22. The lowest BCUT2D eigenvalue weighted by Crippen LogP contribution is -2.10. The van der Waals surface area contributed by atoms with Gasteiger partial charge in [-0.25, -0.2) is 9.59 Å². The second-order valence-electron chi connectivity index (χ2n) is 12.6. The molecule has 0 radical (unpaired) electrons. The van der Waals surface area contributed by atoms with Crippen LogP contribution in [0.15, 0.2) is 84.9 Å². The molecule has 2 fully saturated rings. The van der Waals surface area contributed by atoms with Gasteiger partial charge in [0.15, 0.2) is 0 Å². The lowest BCUT2D eigenvalue weighted by molar-refractivity contribution is -0.135. The van der Waals surface area contributed by atoms with Crippen LogP contribution in [0.5, 0.6) is 23.0 Å². The molecular formula is C40H40O10. The highest BCUT2D eigenvalue weighted by molar-refractivity contribution is 5.94. The van der Waals surface area contributed by atoms with E-state index in [9.17, 15) is 19.2 Å². The van der Waals surface area contributed by atoms with Crippen molar-refractivity contribution in [1.82, 2.24) is 0 Å². The highest BCUT2D eigenvalue weighted by Crippen LogP contribution is 2.27. The fourth-order valence-corrected chi connectivity index (χ4v) is 5.45. The minimum atomic E-state index is -0.571. The normalized spacial score (nSPS) is 16.0. The first kappa shape index (κ1) is 34.8. The van der Waals surface area contributed by atoms with Gasteiger partial charge in [0.05, 0.1) is 36.5 Å². The summed E-state index contributed by atoms with van der Waals surface area (Å²) >= 11 is 0. The lowest BCUT2D eigenvalue weighted by Gasteiger charge is -2.09. The molecule has 0 N–H and O–H groups in total. The predicted octanol–water partition coefficient (Wildman–Crippen LogP) is 7.79. The van der Waals surface area contributed by atoms with Crippen LogP contribution in [0.3, 0.4) is 0 Å². The zero-order valence-corrected chi connectivity index (χ0v) is 27.8. The molecule has 50 heavy (non-hydrogen) atoms. The van der Waals surface area contributed by atoms with E-state index in [1.165, 1.54) is 0 Å². The van der Waals surface area contributed by atoms with Crippen LogP contribution in [0.1, 0.15) is 84.9 Å². The zero-order valence-electron chi connectivity index (χ0n) is 27.8. The Morgan fingerprint density at radius 3 is 1.28 bits per heavy atom. The summed E-state index contributed by atoms with van der Waals surface area (Å²) in [4.78, 5) is 50.0. The van der Waals surface area contributed by atoms with Crippen molar-refractivity contribution in [2.45, 2.75) is 76.4 Å². The average molecular weight is 681 g/mol. The molecule has 2 unspecified atom stereocenters. The van der Waals surface area contributed by atoms with Gasteiger partial charge in [0.25, 0.3) is 0 Å². The second kappa shape index (κ2) is 17.0. The van der Waals surface area contributed by atoms with Gasteiger partial charge >= 0.3 is 23.9 Å². The van der Waals surface area contributed by atoms with E-state index in [-0.39, 0.29) is 11.9 Å². The molecule has 2 atom stereocenters. The third-order valence-corrected chi connectivity index (χ3v) is 8.47. The fraction of sp³-hybridized carbons (Fsp3) is 0.350. The maximum absolute atomic E-state index is 12.8. The van der Waals surface area contributed by atoms with Gasteiger partial charge in [0.2, 0.25) is 0 Å².